The highest BCUT2D eigenvalue weighted by Crippen LogP contribution is 2.25. The van der Waals surface area contributed by atoms with E-state index in [9.17, 15) is 9.59 Å². The lowest BCUT2D eigenvalue weighted by Crippen LogP contribution is -2.49. The molecule has 1 amide bonds. The fraction of sp³-hybridized carbons (Fsp3) is 0.556. The lowest BCUT2D eigenvalue weighted by atomic mass is 10.0. The van der Waals surface area contributed by atoms with Crippen molar-refractivity contribution in [3.05, 3.63) is 24.3 Å². The number of nitrogens with zero attached hydrogens (tertiary/aromatic N) is 2. The van der Waals surface area contributed by atoms with E-state index in [1.54, 1.807) is 29.2 Å². The normalized spacial score (nSPS) is 24.2. The first-order valence-corrected chi connectivity index (χ1v) is 8.83. The van der Waals surface area contributed by atoms with Gasteiger partial charge in [-0.05, 0) is 50.6 Å². The SMILES string of the molecule is CCOC(=O)C1CCCCN1CC1CN(c2ccc(N)cc2)C(=O)O1. The summed E-state index contributed by atoms with van der Waals surface area (Å²) in [6.07, 6.45) is 2.22. The van der Waals surface area contributed by atoms with Gasteiger partial charge in [0.25, 0.3) is 0 Å². The molecular weight excluding hydrogens is 322 g/mol. The van der Waals surface area contributed by atoms with E-state index in [0.717, 1.165) is 31.5 Å². The number of nitrogens with two attached hydrogens (primary N) is 1. The van der Waals surface area contributed by atoms with Gasteiger partial charge in [0, 0.05) is 17.9 Å². The molecule has 2 aliphatic heterocycles. The summed E-state index contributed by atoms with van der Waals surface area (Å²) in [4.78, 5) is 28.1. The first kappa shape index (κ1) is 17.5. The van der Waals surface area contributed by atoms with Crippen LogP contribution in [0.3, 0.4) is 0 Å². The van der Waals surface area contributed by atoms with Gasteiger partial charge in [-0.15, -0.1) is 0 Å². The van der Waals surface area contributed by atoms with Crippen LogP contribution in [0.4, 0.5) is 16.2 Å². The molecule has 25 heavy (non-hydrogen) atoms. The standard InChI is InChI=1S/C18H25N3O4/c1-2-24-17(22)16-5-3-4-10-20(16)11-15-12-21(18(23)25-15)14-8-6-13(19)7-9-14/h6-9,15-16H,2-5,10-12,19H2,1H3. The molecule has 0 saturated carbocycles. The van der Waals surface area contributed by atoms with E-state index in [1.807, 2.05) is 6.92 Å². The molecule has 0 aromatic heterocycles. The van der Waals surface area contributed by atoms with Crippen LogP contribution in [0.1, 0.15) is 26.2 Å². The Balaban J connectivity index is 1.63. The van der Waals surface area contributed by atoms with Crippen molar-refractivity contribution in [3.63, 3.8) is 0 Å². The van der Waals surface area contributed by atoms with Crippen molar-refractivity contribution in [2.24, 2.45) is 0 Å². The largest absolute Gasteiger partial charge is 0.465 e. The van der Waals surface area contributed by atoms with Gasteiger partial charge in [0.1, 0.15) is 12.1 Å². The Kier molecular flexibility index (Phi) is 5.43. The summed E-state index contributed by atoms with van der Waals surface area (Å²) in [5.74, 6) is -0.179. The number of nitrogen functional groups attached to an aromatic ring is 1. The van der Waals surface area contributed by atoms with Crippen LogP contribution < -0.4 is 10.6 Å². The number of hydrogen-bond acceptors (Lipinski definition) is 6. The molecule has 0 bridgehead atoms. The molecule has 1 aromatic carbocycles. The third-order valence-corrected chi connectivity index (χ3v) is 4.69. The van der Waals surface area contributed by atoms with Gasteiger partial charge < -0.3 is 15.2 Å². The number of hydrogen-bond donors (Lipinski definition) is 1. The zero-order valence-corrected chi connectivity index (χ0v) is 14.5. The van der Waals surface area contributed by atoms with E-state index >= 15 is 0 Å². The highest BCUT2D eigenvalue weighted by molar-refractivity contribution is 5.90. The Bertz CT molecular complexity index is 619. The topological polar surface area (TPSA) is 85.1 Å². The Hall–Kier alpha value is -2.28. The van der Waals surface area contributed by atoms with Crippen LogP contribution in [0.25, 0.3) is 0 Å². The van der Waals surface area contributed by atoms with Crippen LogP contribution in [0.5, 0.6) is 0 Å². The molecule has 0 aliphatic carbocycles. The number of cyclic esters (lactones) is 1. The van der Waals surface area contributed by atoms with Gasteiger partial charge in [0.05, 0.1) is 13.2 Å². The molecule has 2 atom stereocenters. The average Bonchev–Trinajstić information content (AvgIpc) is 2.96. The third-order valence-electron chi connectivity index (χ3n) is 4.69. The summed E-state index contributed by atoms with van der Waals surface area (Å²) in [5, 5.41) is 0. The lowest BCUT2D eigenvalue weighted by Gasteiger charge is -2.34. The second-order valence-electron chi connectivity index (χ2n) is 6.47. The molecule has 2 saturated heterocycles. The summed E-state index contributed by atoms with van der Waals surface area (Å²) in [6.45, 7) is 4.02. The van der Waals surface area contributed by atoms with E-state index in [4.69, 9.17) is 15.2 Å². The molecule has 2 heterocycles. The van der Waals surface area contributed by atoms with Gasteiger partial charge in [-0.1, -0.05) is 6.42 Å². The number of likely N-dealkylation sites (tertiary alicyclic amines) is 1. The van der Waals surface area contributed by atoms with Crippen LogP contribution in [-0.2, 0) is 14.3 Å². The smallest absolute Gasteiger partial charge is 0.414 e. The minimum absolute atomic E-state index is 0.179. The number of ether oxygens (including phenoxy) is 2. The fourth-order valence-corrected chi connectivity index (χ4v) is 3.46. The molecule has 0 radical (unpaired) electrons. The van der Waals surface area contributed by atoms with E-state index < -0.39 is 0 Å². The van der Waals surface area contributed by atoms with Crippen molar-refractivity contribution in [1.82, 2.24) is 4.90 Å². The van der Waals surface area contributed by atoms with Crippen LogP contribution in [0.15, 0.2) is 24.3 Å². The first-order valence-electron chi connectivity index (χ1n) is 8.83. The molecule has 2 fully saturated rings. The van der Waals surface area contributed by atoms with Crippen molar-refractivity contribution in [2.75, 3.05) is 36.9 Å². The maximum absolute atomic E-state index is 12.2. The fourth-order valence-electron chi connectivity index (χ4n) is 3.46. The van der Waals surface area contributed by atoms with Crippen LogP contribution in [0, 0.1) is 0 Å². The number of rotatable bonds is 5. The van der Waals surface area contributed by atoms with Crippen molar-refractivity contribution in [3.8, 4) is 0 Å². The molecular formula is C18H25N3O4. The Morgan fingerprint density at radius 1 is 1.32 bits per heavy atom. The Morgan fingerprint density at radius 2 is 2.08 bits per heavy atom. The van der Waals surface area contributed by atoms with E-state index in [2.05, 4.69) is 4.90 Å². The highest BCUT2D eigenvalue weighted by atomic mass is 16.6. The average molecular weight is 347 g/mol. The number of anilines is 2. The van der Waals surface area contributed by atoms with Crippen molar-refractivity contribution in [2.45, 2.75) is 38.3 Å². The zero-order valence-electron chi connectivity index (χ0n) is 14.5. The van der Waals surface area contributed by atoms with Gasteiger partial charge in [-0.2, -0.15) is 0 Å². The third kappa shape index (κ3) is 4.04. The van der Waals surface area contributed by atoms with Gasteiger partial charge in [0.15, 0.2) is 0 Å². The number of esters is 1. The molecule has 1 aromatic rings. The van der Waals surface area contributed by atoms with Crippen LogP contribution >= 0.6 is 0 Å². The summed E-state index contributed by atoms with van der Waals surface area (Å²) in [7, 11) is 0. The molecule has 2 N–H and O–H groups in total. The lowest BCUT2D eigenvalue weighted by molar-refractivity contribution is -0.151. The summed E-state index contributed by atoms with van der Waals surface area (Å²) in [6, 6.07) is 6.90. The Morgan fingerprint density at radius 3 is 2.80 bits per heavy atom. The highest BCUT2D eigenvalue weighted by Gasteiger charge is 2.37. The van der Waals surface area contributed by atoms with Gasteiger partial charge in [-0.25, -0.2) is 4.79 Å². The van der Waals surface area contributed by atoms with E-state index in [1.165, 1.54) is 0 Å². The molecule has 7 nitrogen and oxygen atoms in total. The minimum atomic E-state index is -0.362. The van der Waals surface area contributed by atoms with E-state index in [-0.39, 0.29) is 24.2 Å². The Labute approximate surface area is 147 Å². The number of piperidine rings is 1. The molecule has 136 valence electrons. The van der Waals surface area contributed by atoms with Gasteiger partial charge >= 0.3 is 12.1 Å². The summed E-state index contributed by atoms with van der Waals surface area (Å²) < 4.78 is 10.7. The predicted molar refractivity (Wildman–Crippen MR) is 94.3 cm³/mol. The van der Waals surface area contributed by atoms with Crippen molar-refractivity contribution in [1.29, 1.82) is 0 Å². The van der Waals surface area contributed by atoms with Crippen LogP contribution in [-0.4, -0.2) is 55.3 Å². The predicted octanol–water partition coefficient (Wildman–Crippen LogP) is 2.01. The maximum Gasteiger partial charge on any atom is 0.414 e. The molecule has 2 unspecified atom stereocenters. The quantitative estimate of drug-likeness (QED) is 0.648. The number of amides is 1. The molecule has 2 aliphatic rings. The summed E-state index contributed by atoms with van der Waals surface area (Å²) in [5.41, 5.74) is 7.11. The monoisotopic (exact) mass is 347 g/mol. The maximum atomic E-state index is 12.2. The molecule has 7 heteroatoms. The number of carbonyl (C=O) groups excluding carboxylic acids is 2. The van der Waals surface area contributed by atoms with Crippen molar-refractivity contribution < 1.29 is 19.1 Å². The van der Waals surface area contributed by atoms with Gasteiger partial charge in [-0.3, -0.25) is 14.6 Å². The first-order chi connectivity index (χ1) is 12.1. The second-order valence-corrected chi connectivity index (χ2v) is 6.47. The zero-order chi connectivity index (χ0) is 17.8. The summed E-state index contributed by atoms with van der Waals surface area (Å²) >= 11 is 0. The van der Waals surface area contributed by atoms with Crippen LogP contribution in [0.2, 0.25) is 0 Å². The molecule has 3 rings (SSSR count). The molecule has 0 spiro atoms. The number of benzene rings is 1. The minimum Gasteiger partial charge on any atom is -0.465 e. The van der Waals surface area contributed by atoms with Gasteiger partial charge in [0.2, 0.25) is 0 Å². The second kappa shape index (κ2) is 7.74. The van der Waals surface area contributed by atoms with Crippen molar-refractivity contribution >= 4 is 23.4 Å². The number of carbonyl (C=O) groups is 2. The van der Waals surface area contributed by atoms with E-state index in [0.29, 0.717) is 25.4 Å².